The predicted octanol–water partition coefficient (Wildman–Crippen LogP) is 15.0. The van der Waals surface area contributed by atoms with Crippen LogP contribution in [0, 0.1) is 0 Å². The highest BCUT2D eigenvalue weighted by Crippen LogP contribution is 2.43. The van der Waals surface area contributed by atoms with E-state index in [2.05, 4.69) is 67.8 Å². The lowest BCUT2D eigenvalue weighted by atomic mass is 10.0. The van der Waals surface area contributed by atoms with Gasteiger partial charge in [-0.2, -0.15) is 0 Å². The molecule has 3 atom stereocenters. The number of phosphoric ester groups is 1. The molecule has 0 aromatic heterocycles. The van der Waals surface area contributed by atoms with Crippen molar-refractivity contribution in [2.75, 3.05) is 40.9 Å². The molecule has 0 aliphatic heterocycles. The van der Waals surface area contributed by atoms with Crippen LogP contribution in [0.3, 0.4) is 0 Å². The van der Waals surface area contributed by atoms with E-state index in [1.54, 1.807) is 6.08 Å². The van der Waals surface area contributed by atoms with Gasteiger partial charge in [0, 0.05) is 6.42 Å². The summed E-state index contributed by atoms with van der Waals surface area (Å²) in [5.74, 6) is -0.192. The van der Waals surface area contributed by atoms with Gasteiger partial charge >= 0.3 is 7.82 Å². The molecule has 0 aliphatic carbocycles. The van der Waals surface area contributed by atoms with Gasteiger partial charge in [0.25, 0.3) is 0 Å². The number of carbonyl (C=O) groups excluding carboxylic acids is 1. The number of hydrogen-bond donors (Lipinski definition) is 3. The zero-order chi connectivity index (χ0) is 45.7. The Labute approximate surface area is 383 Å². The number of carbonyl (C=O) groups is 1. The molecule has 362 valence electrons. The maximum Gasteiger partial charge on any atom is 0.472 e. The number of hydrogen-bond acceptors (Lipinski definition) is 5. The van der Waals surface area contributed by atoms with Crippen LogP contribution < -0.4 is 5.32 Å². The number of nitrogens with zero attached hydrogens (tertiary/aromatic N) is 1. The maximum atomic E-state index is 12.9. The minimum Gasteiger partial charge on any atom is -0.387 e. The number of rotatable bonds is 46. The van der Waals surface area contributed by atoms with Crippen molar-refractivity contribution in [3.05, 3.63) is 60.8 Å². The van der Waals surface area contributed by atoms with Gasteiger partial charge in [-0.1, -0.05) is 216 Å². The molecule has 8 nitrogen and oxygen atoms in total. The molecule has 3 N–H and O–H groups in total. The summed E-state index contributed by atoms with van der Waals surface area (Å²) >= 11 is 0. The van der Waals surface area contributed by atoms with Gasteiger partial charge in [-0.3, -0.25) is 13.8 Å². The second-order valence-corrected chi connectivity index (χ2v) is 20.0. The van der Waals surface area contributed by atoms with Crippen LogP contribution in [0.5, 0.6) is 0 Å². The lowest BCUT2D eigenvalue weighted by molar-refractivity contribution is -0.870. The van der Waals surface area contributed by atoms with Crippen LogP contribution in [0.1, 0.15) is 219 Å². The molecule has 0 saturated heterocycles. The highest BCUT2D eigenvalue weighted by atomic mass is 31.2. The van der Waals surface area contributed by atoms with Crippen molar-refractivity contribution >= 4 is 13.7 Å². The Morgan fingerprint density at radius 1 is 0.565 bits per heavy atom. The van der Waals surface area contributed by atoms with E-state index in [0.717, 1.165) is 77.0 Å². The van der Waals surface area contributed by atoms with Gasteiger partial charge in [-0.25, -0.2) is 4.57 Å². The van der Waals surface area contributed by atoms with Crippen LogP contribution in [0.25, 0.3) is 0 Å². The first-order valence-corrected chi connectivity index (χ1v) is 27.2. The summed E-state index contributed by atoms with van der Waals surface area (Å²) in [5.41, 5.74) is 0. The van der Waals surface area contributed by atoms with Crippen LogP contribution >= 0.6 is 7.82 Å². The molecule has 0 rings (SSSR count). The Balaban J connectivity index is 4.35. The highest BCUT2D eigenvalue weighted by Gasteiger charge is 2.27. The topological polar surface area (TPSA) is 105 Å². The van der Waals surface area contributed by atoms with Crippen molar-refractivity contribution in [2.45, 2.75) is 231 Å². The minimum atomic E-state index is -4.35. The molecule has 1 amide bonds. The van der Waals surface area contributed by atoms with Crippen molar-refractivity contribution in [1.82, 2.24) is 5.32 Å². The van der Waals surface area contributed by atoms with Gasteiger partial charge in [-0.05, 0) is 57.8 Å². The maximum absolute atomic E-state index is 12.9. The summed E-state index contributed by atoms with van der Waals surface area (Å²) in [5, 5.41) is 13.9. The fourth-order valence-electron chi connectivity index (χ4n) is 7.21. The average molecular weight is 892 g/mol. The van der Waals surface area contributed by atoms with Crippen LogP contribution in [-0.2, 0) is 18.4 Å². The highest BCUT2D eigenvalue weighted by molar-refractivity contribution is 7.47. The van der Waals surface area contributed by atoms with Crippen LogP contribution in [0.15, 0.2) is 60.8 Å². The number of amides is 1. The standard InChI is InChI=1S/C53H99N2O6P/c1-6-8-10-12-14-16-18-20-22-24-26-27-29-30-32-34-36-38-40-42-44-46-52(56)51(50-61-62(58,59)60-49-48-55(3,4)5)54-53(57)47-45-43-41-39-37-35-33-31-28-25-23-21-19-17-15-13-11-9-7-2/h9,11,15,17,21,23,28,31,44,46,51-52,56H,6-8,10,12-14,16,18-20,22,24-27,29-30,32-43,45,47-50H2,1-5H3,(H-,54,57,58,59)/p+1/b11-9-,17-15-,23-21-,31-28-,46-44+. The fourth-order valence-corrected chi connectivity index (χ4v) is 7.95. The van der Waals surface area contributed by atoms with Crippen molar-refractivity contribution in [1.29, 1.82) is 0 Å². The fraction of sp³-hybridized carbons (Fsp3) is 0.792. The van der Waals surface area contributed by atoms with Crippen LogP contribution in [0.4, 0.5) is 0 Å². The zero-order valence-electron chi connectivity index (χ0n) is 41.1. The molecule has 0 saturated carbocycles. The first-order valence-electron chi connectivity index (χ1n) is 25.7. The van der Waals surface area contributed by atoms with Crippen molar-refractivity contribution in [2.24, 2.45) is 0 Å². The number of aliphatic hydroxyl groups is 1. The van der Waals surface area contributed by atoms with Crippen molar-refractivity contribution < 1.29 is 32.9 Å². The van der Waals surface area contributed by atoms with Gasteiger partial charge in [0.05, 0.1) is 39.9 Å². The first-order chi connectivity index (χ1) is 30.0. The quantitative estimate of drug-likeness (QED) is 0.0243. The van der Waals surface area contributed by atoms with E-state index >= 15 is 0 Å². The summed E-state index contributed by atoms with van der Waals surface area (Å²) in [6, 6.07) is -0.857. The molecule has 0 bridgehead atoms. The normalized spacial score (nSPS) is 14.6. The lowest BCUT2D eigenvalue weighted by Gasteiger charge is -2.25. The van der Waals surface area contributed by atoms with Gasteiger partial charge in [0.1, 0.15) is 13.2 Å². The number of quaternary nitrogens is 1. The predicted molar refractivity (Wildman–Crippen MR) is 267 cm³/mol. The summed E-state index contributed by atoms with van der Waals surface area (Å²) in [6.45, 7) is 4.70. The molecule has 0 spiro atoms. The average Bonchev–Trinajstić information content (AvgIpc) is 3.23. The molecule has 0 aliphatic rings. The van der Waals surface area contributed by atoms with E-state index in [0.29, 0.717) is 17.4 Å². The number of allylic oxidation sites excluding steroid dienone is 9. The molecule has 9 heteroatoms. The van der Waals surface area contributed by atoms with E-state index in [1.807, 2.05) is 27.2 Å². The summed E-state index contributed by atoms with van der Waals surface area (Å²) in [7, 11) is 1.56. The van der Waals surface area contributed by atoms with Crippen molar-refractivity contribution in [3.8, 4) is 0 Å². The largest absolute Gasteiger partial charge is 0.472 e. The second kappa shape index (κ2) is 44.4. The third kappa shape index (κ3) is 46.2. The Kier molecular flexibility index (Phi) is 43.1. The van der Waals surface area contributed by atoms with Crippen molar-refractivity contribution in [3.63, 3.8) is 0 Å². The van der Waals surface area contributed by atoms with Crippen LogP contribution in [-0.4, -0.2) is 73.4 Å². The number of phosphoric acid groups is 1. The first kappa shape index (κ1) is 60.2. The number of unbranched alkanes of at least 4 members (excludes halogenated alkanes) is 25. The van der Waals surface area contributed by atoms with Gasteiger partial charge in [-0.15, -0.1) is 0 Å². The van der Waals surface area contributed by atoms with E-state index in [1.165, 1.54) is 122 Å². The smallest absolute Gasteiger partial charge is 0.387 e. The van der Waals surface area contributed by atoms with Gasteiger partial charge in [0.15, 0.2) is 0 Å². The number of likely N-dealkylation sites (N-methyl/N-ethyl adjacent to an activating group) is 1. The Hall–Kier alpha value is -1.80. The van der Waals surface area contributed by atoms with E-state index in [-0.39, 0.29) is 19.1 Å². The molecule has 0 aromatic carbocycles. The minimum absolute atomic E-state index is 0.0562. The summed E-state index contributed by atoms with van der Waals surface area (Å²) in [4.78, 5) is 23.2. The molecule has 62 heavy (non-hydrogen) atoms. The molecule has 0 fully saturated rings. The molecule has 3 unspecified atom stereocenters. The Morgan fingerprint density at radius 2 is 0.968 bits per heavy atom. The molecule has 0 aromatic rings. The second-order valence-electron chi connectivity index (χ2n) is 18.5. The molecule has 0 heterocycles. The Morgan fingerprint density at radius 3 is 1.42 bits per heavy atom. The number of aliphatic hydroxyl groups excluding tert-OH is 1. The third-order valence-electron chi connectivity index (χ3n) is 11.2. The summed E-state index contributed by atoms with van der Waals surface area (Å²) in [6.07, 6.45) is 58.7. The SMILES string of the molecule is CC/C=C\C/C=C\C/C=C\C/C=C\CCCCCCCCC(=O)NC(COP(=O)(O)OCC[N+](C)(C)C)C(O)/C=C/CCCCCCCCCCCCCCCCCCCCC. The van der Waals surface area contributed by atoms with Gasteiger partial charge in [0.2, 0.25) is 5.91 Å². The molecular formula is C53H100N2O6P+. The number of nitrogens with one attached hydrogen (secondary N) is 1. The van der Waals surface area contributed by atoms with E-state index in [4.69, 9.17) is 9.05 Å². The summed E-state index contributed by atoms with van der Waals surface area (Å²) < 4.78 is 23.6. The molecular weight excluding hydrogens is 792 g/mol. The third-order valence-corrected chi connectivity index (χ3v) is 12.2. The molecule has 0 radical (unpaired) electrons. The van der Waals surface area contributed by atoms with Crippen LogP contribution in [0.2, 0.25) is 0 Å². The lowest BCUT2D eigenvalue weighted by Crippen LogP contribution is -2.45. The van der Waals surface area contributed by atoms with Gasteiger partial charge < -0.3 is 19.8 Å². The zero-order valence-corrected chi connectivity index (χ0v) is 42.0. The van der Waals surface area contributed by atoms with E-state index < -0.39 is 20.0 Å². The van der Waals surface area contributed by atoms with E-state index in [9.17, 15) is 19.4 Å². The Bertz CT molecular complexity index is 1190. The monoisotopic (exact) mass is 892 g/mol.